The average Bonchev–Trinajstić information content (AvgIpc) is 3.40. The van der Waals surface area contributed by atoms with Crippen molar-refractivity contribution in [3.63, 3.8) is 0 Å². The maximum atomic E-state index is 14.4. The lowest BCUT2D eigenvalue weighted by Gasteiger charge is -2.35. The van der Waals surface area contributed by atoms with Crippen molar-refractivity contribution in [3.8, 4) is 11.5 Å². The minimum atomic E-state index is -1.29. The number of aliphatic hydroxyl groups excluding tert-OH is 1. The molecular formula is C32H36BrN3O5. The Hall–Kier alpha value is -3.40. The smallest absolute Gasteiger partial charge is 0.266 e. The van der Waals surface area contributed by atoms with Crippen molar-refractivity contribution in [2.45, 2.75) is 43.7 Å². The minimum absolute atomic E-state index is 0.0769. The predicted molar refractivity (Wildman–Crippen MR) is 161 cm³/mol. The highest BCUT2D eigenvalue weighted by atomic mass is 79.9. The first-order valence-electron chi connectivity index (χ1n) is 14.1. The molecule has 2 aliphatic heterocycles. The first-order chi connectivity index (χ1) is 20.0. The molecule has 216 valence electrons. The van der Waals surface area contributed by atoms with Crippen molar-refractivity contribution in [3.05, 3.63) is 94.0 Å². The van der Waals surface area contributed by atoms with Crippen LogP contribution in [0.1, 0.15) is 48.5 Å². The SMILES string of the molecule is COc1cccc([C@@H]2OC(c3ccc(OCCCO)cc3)=N[C@]2(Cc2ccccc2Br)C(=O)NN2CCCCC2)c1. The number of ether oxygens (including phenoxy) is 3. The molecule has 3 aromatic rings. The third-order valence-corrected chi connectivity index (χ3v) is 8.23. The molecule has 0 aromatic heterocycles. The zero-order valence-electron chi connectivity index (χ0n) is 23.2. The van der Waals surface area contributed by atoms with E-state index in [1.54, 1.807) is 7.11 Å². The molecule has 5 rings (SSSR count). The van der Waals surface area contributed by atoms with Gasteiger partial charge in [0.15, 0.2) is 11.6 Å². The number of hydrogen-bond acceptors (Lipinski definition) is 7. The molecule has 41 heavy (non-hydrogen) atoms. The fourth-order valence-electron chi connectivity index (χ4n) is 5.27. The number of aliphatic hydroxyl groups is 1. The van der Waals surface area contributed by atoms with Crippen LogP contribution in [0.25, 0.3) is 0 Å². The number of nitrogens with one attached hydrogen (secondary N) is 1. The molecule has 1 fully saturated rings. The van der Waals surface area contributed by atoms with Crippen molar-refractivity contribution in [2.75, 3.05) is 33.4 Å². The third kappa shape index (κ3) is 6.74. The summed E-state index contributed by atoms with van der Waals surface area (Å²) in [5, 5.41) is 11.0. The molecule has 1 saturated heterocycles. The maximum absolute atomic E-state index is 14.4. The Labute approximate surface area is 249 Å². The van der Waals surface area contributed by atoms with Crippen LogP contribution in [0.4, 0.5) is 0 Å². The van der Waals surface area contributed by atoms with E-state index >= 15 is 0 Å². The van der Waals surface area contributed by atoms with Crippen LogP contribution in [0.2, 0.25) is 0 Å². The topological polar surface area (TPSA) is 92.6 Å². The Balaban J connectivity index is 1.57. The van der Waals surface area contributed by atoms with E-state index in [4.69, 9.17) is 24.3 Å². The highest BCUT2D eigenvalue weighted by Crippen LogP contribution is 2.44. The van der Waals surface area contributed by atoms with Crippen molar-refractivity contribution in [1.29, 1.82) is 0 Å². The fourth-order valence-corrected chi connectivity index (χ4v) is 5.69. The average molecular weight is 623 g/mol. The number of methoxy groups -OCH3 is 1. The van der Waals surface area contributed by atoms with Crippen LogP contribution in [0.5, 0.6) is 11.5 Å². The molecule has 2 aliphatic rings. The second-order valence-corrected chi connectivity index (χ2v) is 11.2. The van der Waals surface area contributed by atoms with E-state index in [9.17, 15) is 4.79 Å². The Morgan fingerprint density at radius 1 is 1.07 bits per heavy atom. The van der Waals surface area contributed by atoms with Gasteiger partial charge in [-0.25, -0.2) is 10.0 Å². The predicted octanol–water partition coefficient (Wildman–Crippen LogP) is 5.24. The first kappa shape index (κ1) is 29.1. The lowest BCUT2D eigenvalue weighted by atomic mass is 9.82. The highest BCUT2D eigenvalue weighted by molar-refractivity contribution is 9.10. The van der Waals surface area contributed by atoms with E-state index in [1.807, 2.05) is 77.8 Å². The van der Waals surface area contributed by atoms with Gasteiger partial charge in [0.2, 0.25) is 5.90 Å². The van der Waals surface area contributed by atoms with Gasteiger partial charge in [0.1, 0.15) is 11.5 Å². The van der Waals surface area contributed by atoms with E-state index in [1.165, 1.54) is 0 Å². The number of carbonyl (C=O) groups excluding carboxylic acids is 1. The summed E-state index contributed by atoms with van der Waals surface area (Å²) in [5.74, 6) is 1.55. The minimum Gasteiger partial charge on any atom is -0.497 e. The highest BCUT2D eigenvalue weighted by Gasteiger charge is 2.54. The van der Waals surface area contributed by atoms with Gasteiger partial charge in [-0.2, -0.15) is 0 Å². The quantitative estimate of drug-likeness (QED) is 0.285. The molecule has 9 heteroatoms. The Bertz CT molecular complexity index is 1360. The molecule has 0 radical (unpaired) electrons. The number of rotatable bonds is 11. The van der Waals surface area contributed by atoms with Gasteiger partial charge in [-0.15, -0.1) is 0 Å². The number of hydrazine groups is 1. The second kappa shape index (κ2) is 13.5. The van der Waals surface area contributed by atoms with Gasteiger partial charge in [-0.1, -0.05) is 52.7 Å². The number of aliphatic imine (C=N–C) groups is 1. The molecule has 0 spiro atoms. The van der Waals surface area contributed by atoms with E-state index in [-0.39, 0.29) is 12.5 Å². The summed E-state index contributed by atoms with van der Waals surface area (Å²) in [7, 11) is 1.62. The third-order valence-electron chi connectivity index (χ3n) is 7.46. The zero-order chi connectivity index (χ0) is 28.7. The van der Waals surface area contributed by atoms with Gasteiger partial charge in [0, 0.05) is 42.6 Å². The van der Waals surface area contributed by atoms with Gasteiger partial charge >= 0.3 is 0 Å². The number of benzene rings is 3. The van der Waals surface area contributed by atoms with Crippen LogP contribution in [0.3, 0.4) is 0 Å². The summed E-state index contributed by atoms with van der Waals surface area (Å²) in [6, 6.07) is 23.0. The molecule has 8 nitrogen and oxygen atoms in total. The number of halogens is 1. The standard InChI is InChI=1S/C32H36BrN3O5/c1-39-27-11-7-10-24(21-27)29-32(22-25-9-3-4-12-28(25)33,31(38)35-36-17-5-2-6-18-36)34-30(41-29)23-13-15-26(16-14-23)40-20-8-19-37/h3-4,7,9-16,21,29,37H,2,5-6,8,17-20,22H2,1H3,(H,35,38)/t29-,32-/m0/s1. The van der Waals surface area contributed by atoms with E-state index < -0.39 is 11.6 Å². The van der Waals surface area contributed by atoms with Crippen LogP contribution < -0.4 is 14.9 Å². The van der Waals surface area contributed by atoms with Crippen molar-refractivity contribution in [1.82, 2.24) is 10.4 Å². The van der Waals surface area contributed by atoms with E-state index in [0.29, 0.717) is 36.8 Å². The van der Waals surface area contributed by atoms with Crippen molar-refractivity contribution in [2.24, 2.45) is 4.99 Å². The number of amides is 1. The molecule has 2 N–H and O–H groups in total. The second-order valence-electron chi connectivity index (χ2n) is 10.3. The van der Waals surface area contributed by atoms with Gasteiger partial charge < -0.3 is 19.3 Å². The fraction of sp³-hybridized carbons (Fsp3) is 0.375. The summed E-state index contributed by atoms with van der Waals surface area (Å²) >= 11 is 3.69. The van der Waals surface area contributed by atoms with Gasteiger partial charge in [-0.05, 0) is 66.4 Å². The molecule has 2 heterocycles. The summed E-state index contributed by atoms with van der Waals surface area (Å²) < 4.78 is 18.8. The molecule has 1 amide bonds. The summed E-state index contributed by atoms with van der Waals surface area (Å²) in [5.41, 5.74) is 4.40. The van der Waals surface area contributed by atoms with Crippen LogP contribution in [-0.2, 0) is 16.0 Å². The monoisotopic (exact) mass is 621 g/mol. The van der Waals surface area contributed by atoms with Crippen LogP contribution >= 0.6 is 15.9 Å². The Kier molecular flexibility index (Phi) is 9.59. The number of carbonyl (C=O) groups is 1. The lowest BCUT2D eigenvalue weighted by molar-refractivity contribution is -0.134. The maximum Gasteiger partial charge on any atom is 0.266 e. The summed E-state index contributed by atoms with van der Waals surface area (Å²) in [6.07, 6.45) is 3.41. The number of piperidine rings is 1. The zero-order valence-corrected chi connectivity index (χ0v) is 24.8. The summed E-state index contributed by atoms with van der Waals surface area (Å²) in [6.45, 7) is 2.11. The molecule has 0 bridgehead atoms. The summed E-state index contributed by atoms with van der Waals surface area (Å²) in [4.78, 5) is 19.6. The van der Waals surface area contributed by atoms with Crippen molar-refractivity contribution >= 4 is 27.7 Å². The van der Waals surface area contributed by atoms with Crippen LogP contribution in [-0.4, -0.2) is 60.9 Å². The molecule has 2 atom stereocenters. The van der Waals surface area contributed by atoms with Gasteiger partial charge in [-0.3, -0.25) is 10.2 Å². The first-order valence-corrected chi connectivity index (χ1v) is 14.9. The largest absolute Gasteiger partial charge is 0.497 e. The Morgan fingerprint density at radius 2 is 1.85 bits per heavy atom. The molecule has 0 saturated carbocycles. The Morgan fingerprint density at radius 3 is 2.59 bits per heavy atom. The number of hydrogen-bond donors (Lipinski definition) is 2. The van der Waals surface area contributed by atoms with Gasteiger partial charge in [0.25, 0.3) is 5.91 Å². The molecule has 0 aliphatic carbocycles. The van der Waals surface area contributed by atoms with Crippen LogP contribution in [0, 0.1) is 0 Å². The van der Waals surface area contributed by atoms with Crippen LogP contribution in [0.15, 0.2) is 82.3 Å². The normalized spacial score (nSPS) is 20.7. The van der Waals surface area contributed by atoms with E-state index in [2.05, 4.69) is 21.4 Å². The number of nitrogens with zero attached hydrogens (tertiary/aromatic N) is 2. The van der Waals surface area contributed by atoms with Crippen molar-refractivity contribution < 1.29 is 24.1 Å². The van der Waals surface area contributed by atoms with E-state index in [0.717, 1.165) is 53.5 Å². The molecule has 3 aromatic carbocycles. The lowest BCUT2D eigenvalue weighted by Crippen LogP contribution is -2.56. The molecular weight excluding hydrogens is 586 g/mol. The van der Waals surface area contributed by atoms with Gasteiger partial charge in [0.05, 0.1) is 13.7 Å². The molecule has 0 unspecified atom stereocenters.